The largest absolute Gasteiger partial charge is 0.340 e. The van der Waals surface area contributed by atoms with Crippen molar-refractivity contribution in [3.63, 3.8) is 0 Å². The van der Waals surface area contributed by atoms with E-state index < -0.39 is 9.84 Å². The molecule has 0 aromatic heterocycles. The molecule has 0 aromatic carbocycles. The molecule has 3 heterocycles. The molecule has 2 bridgehead atoms. The van der Waals surface area contributed by atoms with E-state index in [0.29, 0.717) is 31.0 Å². The zero-order valence-corrected chi connectivity index (χ0v) is 13.6. The molecule has 3 aliphatic heterocycles. The summed E-state index contributed by atoms with van der Waals surface area (Å²) in [6.07, 6.45) is 5.63. The molecule has 3 fully saturated rings. The van der Waals surface area contributed by atoms with Crippen LogP contribution in [0.1, 0.15) is 45.4 Å². The van der Waals surface area contributed by atoms with Gasteiger partial charge in [0.1, 0.15) is 0 Å². The van der Waals surface area contributed by atoms with E-state index in [-0.39, 0.29) is 23.3 Å². The summed E-state index contributed by atoms with van der Waals surface area (Å²) in [5, 5.41) is 3.60. The quantitative estimate of drug-likeness (QED) is 0.839. The van der Waals surface area contributed by atoms with Crippen LogP contribution in [0.5, 0.6) is 0 Å². The van der Waals surface area contributed by atoms with Gasteiger partial charge in [-0.2, -0.15) is 0 Å². The summed E-state index contributed by atoms with van der Waals surface area (Å²) in [6.45, 7) is 2.77. The molecule has 1 amide bonds. The van der Waals surface area contributed by atoms with Crippen molar-refractivity contribution in [3.05, 3.63) is 0 Å². The lowest BCUT2D eigenvalue weighted by atomic mass is 9.96. The van der Waals surface area contributed by atoms with Gasteiger partial charge < -0.3 is 10.2 Å². The molecular weight excluding hydrogens is 288 g/mol. The van der Waals surface area contributed by atoms with Crippen molar-refractivity contribution >= 4 is 15.7 Å². The van der Waals surface area contributed by atoms with Crippen molar-refractivity contribution < 1.29 is 13.2 Å². The molecule has 0 spiro atoms. The first-order valence-corrected chi connectivity index (χ1v) is 10.0. The van der Waals surface area contributed by atoms with Gasteiger partial charge >= 0.3 is 0 Å². The normalized spacial score (nSPS) is 37.6. The number of amides is 1. The van der Waals surface area contributed by atoms with Gasteiger partial charge in [-0.05, 0) is 44.9 Å². The number of nitrogens with zero attached hydrogens (tertiary/aromatic N) is 1. The second-order valence-electron chi connectivity index (χ2n) is 6.92. The van der Waals surface area contributed by atoms with E-state index in [4.69, 9.17) is 0 Å². The zero-order chi connectivity index (χ0) is 15.0. The van der Waals surface area contributed by atoms with Crippen LogP contribution in [0.25, 0.3) is 0 Å². The van der Waals surface area contributed by atoms with E-state index in [1.54, 1.807) is 0 Å². The fraction of sp³-hybridized carbons (Fsp3) is 0.933. The minimum Gasteiger partial charge on any atom is -0.340 e. The van der Waals surface area contributed by atoms with E-state index in [2.05, 4.69) is 5.32 Å². The fourth-order valence-electron chi connectivity index (χ4n) is 4.32. The van der Waals surface area contributed by atoms with Crippen molar-refractivity contribution in [2.45, 2.75) is 63.6 Å². The third-order valence-electron chi connectivity index (χ3n) is 5.34. The Balaban J connectivity index is 1.59. The number of nitrogens with one attached hydrogen (secondary N) is 1. The van der Waals surface area contributed by atoms with Crippen LogP contribution in [0, 0.1) is 5.92 Å². The first kappa shape index (κ1) is 15.3. The summed E-state index contributed by atoms with van der Waals surface area (Å²) in [4.78, 5) is 14.6. The van der Waals surface area contributed by atoms with Gasteiger partial charge in [-0.3, -0.25) is 4.79 Å². The van der Waals surface area contributed by atoms with E-state index in [1.165, 1.54) is 12.8 Å². The van der Waals surface area contributed by atoms with E-state index in [1.807, 2.05) is 11.8 Å². The predicted octanol–water partition coefficient (Wildman–Crippen LogP) is 0.943. The summed E-state index contributed by atoms with van der Waals surface area (Å²) in [5.41, 5.74) is 0. The standard InChI is InChI=1S/C15H26N2O3S/c1-2-17(14-8-12-3-4-13(9-14)16-12)15(18)7-11-5-6-21(19,20)10-11/h11-14,16H,2-10H2,1H3. The summed E-state index contributed by atoms with van der Waals surface area (Å²) < 4.78 is 23.0. The molecule has 21 heavy (non-hydrogen) atoms. The van der Waals surface area contributed by atoms with Gasteiger partial charge in [-0.1, -0.05) is 0 Å². The van der Waals surface area contributed by atoms with Gasteiger partial charge in [0.25, 0.3) is 0 Å². The average Bonchev–Trinajstić information content (AvgIpc) is 2.92. The van der Waals surface area contributed by atoms with Crippen LogP contribution < -0.4 is 5.32 Å². The Kier molecular flexibility index (Phi) is 4.28. The first-order chi connectivity index (χ1) is 9.97. The Morgan fingerprint density at radius 2 is 1.86 bits per heavy atom. The van der Waals surface area contributed by atoms with Crippen LogP contribution in [0.2, 0.25) is 0 Å². The predicted molar refractivity (Wildman–Crippen MR) is 81.7 cm³/mol. The molecular formula is C15H26N2O3S. The summed E-state index contributed by atoms with van der Waals surface area (Å²) in [7, 11) is -2.89. The van der Waals surface area contributed by atoms with Gasteiger partial charge in [0, 0.05) is 31.1 Å². The van der Waals surface area contributed by atoms with Crippen LogP contribution >= 0.6 is 0 Å². The molecule has 3 rings (SSSR count). The van der Waals surface area contributed by atoms with Crippen molar-refractivity contribution in [2.24, 2.45) is 5.92 Å². The average molecular weight is 314 g/mol. The maximum Gasteiger partial charge on any atom is 0.223 e. The Bertz CT molecular complexity index is 493. The lowest BCUT2D eigenvalue weighted by Gasteiger charge is -2.37. The maximum absolute atomic E-state index is 12.6. The Labute approximate surface area is 127 Å². The fourth-order valence-corrected chi connectivity index (χ4v) is 6.18. The van der Waals surface area contributed by atoms with Crippen molar-refractivity contribution in [1.29, 1.82) is 0 Å². The number of sulfone groups is 1. The van der Waals surface area contributed by atoms with Gasteiger partial charge in [0.05, 0.1) is 11.5 Å². The highest BCUT2D eigenvalue weighted by molar-refractivity contribution is 7.91. The Morgan fingerprint density at radius 3 is 2.38 bits per heavy atom. The smallest absolute Gasteiger partial charge is 0.223 e. The number of fused-ring (bicyclic) bond motifs is 2. The summed E-state index contributed by atoms with van der Waals surface area (Å²) >= 11 is 0. The minimum atomic E-state index is -2.89. The van der Waals surface area contributed by atoms with Gasteiger partial charge in [0.2, 0.25) is 5.91 Å². The number of hydrogen-bond donors (Lipinski definition) is 1. The Hall–Kier alpha value is -0.620. The van der Waals surface area contributed by atoms with Crippen molar-refractivity contribution in [2.75, 3.05) is 18.1 Å². The van der Waals surface area contributed by atoms with Crippen LogP contribution in [-0.2, 0) is 14.6 Å². The summed E-state index contributed by atoms with van der Waals surface area (Å²) in [6, 6.07) is 1.49. The second kappa shape index (κ2) is 5.88. The van der Waals surface area contributed by atoms with E-state index in [0.717, 1.165) is 19.4 Å². The zero-order valence-electron chi connectivity index (χ0n) is 12.8. The molecule has 0 radical (unpaired) electrons. The third-order valence-corrected chi connectivity index (χ3v) is 7.18. The molecule has 0 aliphatic carbocycles. The number of carbonyl (C=O) groups is 1. The highest BCUT2D eigenvalue weighted by Crippen LogP contribution is 2.31. The van der Waals surface area contributed by atoms with Crippen molar-refractivity contribution in [1.82, 2.24) is 10.2 Å². The molecule has 0 aromatic rings. The molecule has 3 aliphatic rings. The van der Waals surface area contributed by atoms with Crippen LogP contribution in [0.15, 0.2) is 0 Å². The molecule has 5 nitrogen and oxygen atoms in total. The first-order valence-electron chi connectivity index (χ1n) is 8.23. The van der Waals surface area contributed by atoms with Gasteiger partial charge in [-0.15, -0.1) is 0 Å². The minimum absolute atomic E-state index is 0.0370. The number of piperidine rings is 1. The van der Waals surface area contributed by atoms with Crippen molar-refractivity contribution in [3.8, 4) is 0 Å². The second-order valence-corrected chi connectivity index (χ2v) is 9.14. The van der Waals surface area contributed by atoms with Crippen LogP contribution in [-0.4, -0.2) is 55.4 Å². The third kappa shape index (κ3) is 3.42. The molecule has 3 saturated heterocycles. The van der Waals surface area contributed by atoms with Crippen LogP contribution in [0.3, 0.4) is 0 Å². The topological polar surface area (TPSA) is 66.5 Å². The van der Waals surface area contributed by atoms with Gasteiger partial charge in [0.15, 0.2) is 9.84 Å². The van der Waals surface area contributed by atoms with Crippen LogP contribution in [0.4, 0.5) is 0 Å². The number of rotatable bonds is 4. The molecule has 1 N–H and O–H groups in total. The van der Waals surface area contributed by atoms with E-state index >= 15 is 0 Å². The Morgan fingerprint density at radius 1 is 1.19 bits per heavy atom. The van der Waals surface area contributed by atoms with Gasteiger partial charge in [-0.25, -0.2) is 8.42 Å². The molecule has 6 heteroatoms. The SMILES string of the molecule is CCN(C(=O)CC1CCS(=O)(=O)C1)C1CC2CCC(C1)N2. The number of hydrogen-bond acceptors (Lipinski definition) is 4. The lowest BCUT2D eigenvalue weighted by Crippen LogP contribution is -2.50. The monoisotopic (exact) mass is 314 g/mol. The molecule has 0 saturated carbocycles. The highest BCUT2D eigenvalue weighted by atomic mass is 32.2. The summed E-state index contributed by atoms with van der Waals surface area (Å²) in [5.74, 6) is 0.656. The van der Waals surface area contributed by atoms with E-state index in [9.17, 15) is 13.2 Å². The highest BCUT2D eigenvalue weighted by Gasteiger charge is 2.38. The number of carbonyl (C=O) groups excluding carboxylic acids is 1. The molecule has 120 valence electrons. The lowest BCUT2D eigenvalue weighted by molar-refractivity contribution is -0.134. The molecule has 3 atom stereocenters. The maximum atomic E-state index is 12.6. The molecule has 3 unspecified atom stereocenters.